The average Bonchev–Trinajstić information content (AvgIpc) is 2.14. The largest absolute Gasteiger partial charge is 0.420 e. The molecule has 1 aromatic rings. The van der Waals surface area contributed by atoms with Crippen molar-refractivity contribution in [3.8, 4) is 5.75 Å². The predicted molar refractivity (Wildman–Crippen MR) is 48.3 cm³/mol. The molecule has 0 bridgehead atoms. The third kappa shape index (κ3) is 2.83. The summed E-state index contributed by atoms with van der Waals surface area (Å²) in [5, 5.41) is 10.5. The second-order valence-electron chi connectivity index (χ2n) is 2.83. The molecule has 2 N–H and O–H groups in total. The van der Waals surface area contributed by atoms with Crippen LogP contribution in [0.15, 0.2) is 18.2 Å². The lowest BCUT2D eigenvalue weighted by atomic mass is 10.1. The van der Waals surface area contributed by atoms with E-state index >= 15 is 0 Å². The maximum atomic E-state index is 12.5. The lowest BCUT2D eigenvalue weighted by Gasteiger charge is -2.11. The second-order valence-corrected chi connectivity index (χ2v) is 2.83. The van der Waals surface area contributed by atoms with E-state index in [0.29, 0.717) is 6.07 Å². The van der Waals surface area contributed by atoms with Crippen molar-refractivity contribution in [3.05, 3.63) is 33.9 Å². The van der Waals surface area contributed by atoms with Crippen molar-refractivity contribution in [1.29, 1.82) is 0 Å². The third-order valence-corrected chi connectivity index (χ3v) is 1.70. The average molecular weight is 250 g/mol. The van der Waals surface area contributed by atoms with Gasteiger partial charge in [0.25, 0.3) is 0 Å². The molecule has 0 radical (unpaired) electrons. The monoisotopic (exact) mass is 250 g/mol. The van der Waals surface area contributed by atoms with Gasteiger partial charge < -0.3 is 10.5 Å². The van der Waals surface area contributed by atoms with Gasteiger partial charge in [-0.25, -0.2) is 4.79 Å². The Kier molecular flexibility index (Phi) is 3.21. The number of ether oxygens (including phenoxy) is 1. The number of nitro groups is 1. The van der Waals surface area contributed by atoms with Crippen molar-refractivity contribution < 1.29 is 27.6 Å². The molecule has 1 rings (SSSR count). The minimum atomic E-state index is -4.89. The standard InChI is InChI=1S/C8H5F3N2O4/c9-8(10,11)4-2-1-3-5(13(15)16)6(4)17-7(12)14/h1-3H,(H2,12,14). The van der Waals surface area contributed by atoms with Gasteiger partial charge in [-0.2, -0.15) is 13.2 Å². The van der Waals surface area contributed by atoms with Gasteiger partial charge in [-0.15, -0.1) is 0 Å². The van der Waals surface area contributed by atoms with Crippen LogP contribution in [0.4, 0.5) is 23.7 Å². The Morgan fingerprint density at radius 3 is 2.41 bits per heavy atom. The molecule has 6 nitrogen and oxygen atoms in total. The van der Waals surface area contributed by atoms with Gasteiger partial charge in [-0.05, 0) is 6.07 Å². The van der Waals surface area contributed by atoms with Crippen molar-refractivity contribution in [1.82, 2.24) is 0 Å². The molecule has 0 atom stereocenters. The van der Waals surface area contributed by atoms with Crippen LogP contribution in [-0.2, 0) is 6.18 Å². The van der Waals surface area contributed by atoms with E-state index in [1.54, 1.807) is 0 Å². The molecule has 0 aromatic heterocycles. The highest BCUT2D eigenvalue weighted by molar-refractivity contribution is 5.71. The Balaban J connectivity index is 3.45. The fourth-order valence-corrected chi connectivity index (χ4v) is 1.10. The topological polar surface area (TPSA) is 95.5 Å². The minimum absolute atomic E-state index is 0.547. The number of rotatable bonds is 2. The fraction of sp³-hybridized carbons (Fsp3) is 0.125. The van der Waals surface area contributed by atoms with E-state index in [1.807, 2.05) is 0 Å². The molecule has 0 aliphatic rings. The minimum Gasteiger partial charge on any atom is -0.402 e. The summed E-state index contributed by atoms with van der Waals surface area (Å²) in [5.41, 5.74) is 2.13. The quantitative estimate of drug-likeness (QED) is 0.641. The molecule has 0 aliphatic carbocycles. The molecule has 17 heavy (non-hydrogen) atoms. The molecular weight excluding hydrogens is 245 g/mol. The summed E-state index contributed by atoms with van der Waals surface area (Å²) in [4.78, 5) is 19.8. The predicted octanol–water partition coefficient (Wildman–Crippen LogP) is 2.07. The Morgan fingerprint density at radius 2 is 2.00 bits per heavy atom. The molecule has 0 fully saturated rings. The van der Waals surface area contributed by atoms with E-state index < -0.39 is 34.2 Å². The zero-order valence-corrected chi connectivity index (χ0v) is 8.02. The highest BCUT2D eigenvalue weighted by Gasteiger charge is 2.38. The summed E-state index contributed by atoms with van der Waals surface area (Å²) >= 11 is 0. The molecule has 0 unspecified atom stereocenters. The SMILES string of the molecule is NC(=O)Oc1c([N+](=O)[O-])cccc1C(F)(F)F. The molecule has 0 saturated heterocycles. The van der Waals surface area contributed by atoms with Crippen LogP contribution in [0.25, 0.3) is 0 Å². The van der Waals surface area contributed by atoms with Crippen molar-refractivity contribution in [2.24, 2.45) is 5.73 Å². The van der Waals surface area contributed by atoms with Crippen LogP contribution in [0.3, 0.4) is 0 Å². The lowest BCUT2D eigenvalue weighted by molar-refractivity contribution is -0.385. The number of carbonyl (C=O) groups excluding carboxylic acids is 1. The smallest absolute Gasteiger partial charge is 0.402 e. The zero-order chi connectivity index (χ0) is 13.2. The number of hydrogen-bond acceptors (Lipinski definition) is 4. The number of halogens is 3. The summed E-state index contributed by atoms with van der Waals surface area (Å²) in [6.45, 7) is 0. The van der Waals surface area contributed by atoms with E-state index in [1.165, 1.54) is 0 Å². The molecular formula is C8H5F3N2O4. The maximum Gasteiger partial charge on any atom is 0.420 e. The Bertz CT molecular complexity index is 472. The third-order valence-electron chi connectivity index (χ3n) is 1.70. The number of amides is 1. The van der Waals surface area contributed by atoms with Crippen LogP contribution in [0.2, 0.25) is 0 Å². The van der Waals surface area contributed by atoms with E-state index in [0.717, 1.165) is 12.1 Å². The van der Waals surface area contributed by atoms with Gasteiger partial charge in [0.05, 0.1) is 4.92 Å². The number of nitrogens with two attached hydrogens (primary N) is 1. The van der Waals surface area contributed by atoms with E-state index in [4.69, 9.17) is 0 Å². The van der Waals surface area contributed by atoms with Gasteiger partial charge in [0.15, 0.2) is 0 Å². The molecule has 92 valence electrons. The lowest BCUT2D eigenvalue weighted by Crippen LogP contribution is -2.20. The van der Waals surface area contributed by atoms with Gasteiger partial charge in [0.2, 0.25) is 5.75 Å². The number of para-hydroxylation sites is 1. The Labute approximate surface area is 91.9 Å². The first kappa shape index (κ1) is 12.7. The van der Waals surface area contributed by atoms with Gasteiger partial charge >= 0.3 is 18.0 Å². The van der Waals surface area contributed by atoms with Crippen LogP contribution in [0.5, 0.6) is 5.75 Å². The van der Waals surface area contributed by atoms with E-state index in [-0.39, 0.29) is 0 Å². The van der Waals surface area contributed by atoms with Crippen LogP contribution >= 0.6 is 0 Å². The molecule has 0 heterocycles. The van der Waals surface area contributed by atoms with Crippen LogP contribution in [0.1, 0.15) is 5.56 Å². The summed E-state index contributed by atoms with van der Waals surface area (Å²) in [6, 6.07) is 2.15. The summed E-state index contributed by atoms with van der Waals surface area (Å²) in [5.74, 6) is -1.21. The summed E-state index contributed by atoms with van der Waals surface area (Å²) in [7, 11) is 0. The molecule has 9 heteroatoms. The van der Waals surface area contributed by atoms with Crippen molar-refractivity contribution in [2.75, 3.05) is 0 Å². The van der Waals surface area contributed by atoms with Crippen molar-refractivity contribution >= 4 is 11.8 Å². The fourth-order valence-electron chi connectivity index (χ4n) is 1.10. The number of nitro benzene ring substituents is 1. The zero-order valence-electron chi connectivity index (χ0n) is 8.02. The molecule has 1 amide bonds. The number of hydrogen-bond donors (Lipinski definition) is 1. The van der Waals surface area contributed by atoms with Gasteiger partial charge in [0, 0.05) is 6.07 Å². The van der Waals surface area contributed by atoms with Gasteiger partial charge in [-0.1, -0.05) is 6.07 Å². The molecule has 0 spiro atoms. The van der Waals surface area contributed by atoms with E-state index in [2.05, 4.69) is 10.5 Å². The second kappa shape index (κ2) is 4.28. The van der Waals surface area contributed by atoms with E-state index in [9.17, 15) is 28.1 Å². The Morgan fingerprint density at radius 1 is 1.41 bits per heavy atom. The summed E-state index contributed by atoms with van der Waals surface area (Å²) in [6.07, 6.45) is -6.46. The first-order chi connectivity index (χ1) is 7.73. The summed E-state index contributed by atoms with van der Waals surface area (Å²) < 4.78 is 41.5. The first-order valence-corrected chi connectivity index (χ1v) is 4.05. The molecule has 0 saturated carbocycles. The van der Waals surface area contributed by atoms with Crippen LogP contribution in [0, 0.1) is 10.1 Å². The normalized spacial score (nSPS) is 11.0. The number of alkyl halides is 3. The highest BCUT2D eigenvalue weighted by Crippen LogP contribution is 2.41. The van der Waals surface area contributed by atoms with Gasteiger partial charge in [0.1, 0.15) is 5.56 Å². The van der Waals surface area contributed by atoms with Crippen LogP contribution < -0.4 is 10.5 Å². The first-order valence-electron chi connectivity index (χ1n) is 4.05. The highest BCUT2D eigenvalue weighted by atomic mass is 19.4. The van der Waals surface area contributed by atoms with Crippen molar-refractivity contribution in [2.45, 2.75) is 6.18 Å². The maximum absolute atomic E-state index is 12.5. The Hall–Kier alpha value is -2.32. The van der Waals surface area contributed by atoms with Gasteiger partial charge in [-0.3, -0.25) is 10.1 Å². The number of carbonyl (C=O) groups is 1. The number of benzene rings is 1. The van der Waals surface area contributed by atoms with Crippen LogP contribution in [-0.4, -0.2) is 11.0 Å². The molecule has 0 aliphatic heterocycles. The molecule has 1 aromatic carbocycles. The number of nitrogens with zero attached hydrogens (tertiary/aromatic N) is 1. The number of primary amides is 1. The van der Waals surface area contributed by atoms with Crippen molar-refractivity contribution in [3.63, 3.8) is 0 Å².